The fourth-order valence-corrected chi connectivity index (χ4v) is 2.68. The van der Waals surface area contributed by atoms with Crippen LogP contribution in [0, 0.1) is 5.92 Å². The van der Waals surface area contributed by atoms with Crippen molar-refractivity contribution in [1.82, 2.24) is 20.6 Å². The third-order valence-corrected chi connectivity index (χ3v) is 4.35. The van der Waals surface area contributed by atoms with Crippen LogP contribution in [0.15, 0.2) is 6.20 Å². The van der Waals surface area contributed by atoms with Crippen molar-refractivity contribution in [1.29, 1.82) is 0 Å². The highest BCUT2D eigenvalue weighted by Crippen LogP contribution is 2.39. The molecule has 3 rings (SSSR count). The Labute approximate surface area is 122 Å². The number of hydrogen-bond donors (Lipinski definition) is 4. The number of carbonyl (C=O) groups excluding carboxylic acids is 1. The molecule has 0 atom stereocenters. The maximum atomic E-state index is 12.0. The second kappa shape index (κ2) is 5.38. The zero-order valence-corrected chi connectivity index (χ0v) is 11.8. The predicted octanol–water partition coefficient (Wildman–Crippen LogP) is 1.59. The topological polar surface area (TPSA) is 107 Å². The number of carboxylic acid groups (broad SMARTS) is 1. The van der Waals surface area contributed by atoms with E-state index in [1.165, 1.54) is 19.0 Å². The van der Waals surface area contributed by atoms with E-state index >= 15 is 0 Å². The van der Waals surface area contributed by atoms with Gasteiger partial charge in [-0.15, -0.1) is 0 Å². The summed E-state index contributed by atoms with van der Waals surface area (Å²) in [6.07, 6.45) is 7.42. The molecule has 0 bridgehead atoms. The van der Waals surface area contributed by atoms with E-state index in [2.05, 4.69) is 20.6 Å². The van der Waals surface area contributed by atoms with Crippen LogP contribution < -0.4 is 10.6 Å². The summed E-state index contributed by atoms with van der Waals surface area (Å²) in [4.78, 5) is 29.8. The summed E-state index contributed by atoms with van der Waals surface area (Å²) < 4.78 is 0. The van der Waals surface area contributed by atoms with Gasteiger partial charge in [0.1, 0.15) is 11.5 Å². The van der Waals surface area contributed by atoms with Crippen LogP contribution in [0.5, 0.6) is 0 Å². The van der Waals surface area contributed by atoms with E-state index in [-0.39, 0.29) is 11.7 Å². The number of nitrogens with one attached hydrogen (secondary N) is 3. The smallest absolute Gasteiger partial charge is 0.353 e. The average molecular weight is 292 g/mol. The number of amides is 2. The zero-order chi connectivity index (χ0) is 14.9. The van der Waals surface area contributed by atoms with Crippen LogP contribution in [-0.2, 0) is 5.54 Å². The van der Waals surface area contributed by atoms with Gasteiger partial charge in [0.05, 0.1) is 11.7 Å². The highest BCUT2D eigenvalue weighted by atomic mass is 16.4. The van der Waals surface area contributed by atoms with Crippen LogP contribution in [0.1, 0.15) is 54.8 Å². The molecule has 2 fully saturated rings. The molecule has 0 aromatic carbocycles. The highest BCUT2D eigenvalue weighted by molar-refractivity contribution is 5.85. The Balaban J connectivity index is 1.59. The van der Waals surface area contributed by atoms with Crippen molar-refractivity contribution in [2.75, 3.05) is 6.54 Å². The molecule has 2 amide bonds. The number of nitrogens with zero attached hydrogens (tertiary/aromatic N) is 1. The lowest BCUT2D eigenvalue weighted by Gasteiger charge is -2.40. The SMILES string of the molecule is O=C(NCCC1CC1)NC1(c2ncc(C(=O)O)[nH]2)CCC1. The van der Waals surface area contributed by atoms with Gasteiger partial charge in [-0.25, -0.2) is 14.6 Å². The van der Waals surface area contributed by atoms with Gasteiger partial charge in [0.25, 0.3) is 0 Å². The molecule has 2 aliphatic carbocycles. The number of H-pyrrole nitrogens is 1. The first kappa shape index (κ1) is 13.9. The molecule has 7 heteroatoms. The molecule has 21 heavy (non-hydrogen) atoms. The van der Waals surface area contributed by atoms with Crippen molar-refractivity contribution in [3.8, 4) is 0 Å². The summed E-state index contributed by atoms with van der Waals surface area (Å²) in [5.41, 5.74) is -0.496. The molecule has 0 radical (unpaired) electrons. The van der Waals surface area contributed by atoms with Crippen molar-refractivity contribution in [2.24, 2.45) is 5.92 Å². The molecule has 4 N–H and O–H groups in total. The normalized spacial score (nSPS) is 19.6. The van der Waals surface area contributed by atoms with E-state index in [1.807, 2.05) is 0 Å². The number of carboxylic acids is 1. The van der Waals surface area contributed by atoms with Crippen LogP contribution in [0.2, 0.25) is 0 Å². The molecular weight excluding hydrogens is 272 g/mol. The van der Waals surface area contributed by atoms with E-state index in [1.54, 1.807) is 0 Å². The summed E-state index contributed by atoms with van der Waals surface area (Å²) in [7, 11) is 0. The summed E-state index contributed by atoms with van der Waals surface area (Å²) in [5.74, 6) is 0.270. The van der Waals surface area contributed by atoms with Crippen LogP contribution in [0.25, 0.3) is 0 Å². The Hall–Kier alpha value is -2.05. The number of aromatic amines is 1. The van der Waals surface area contributed by atoms with Crippen molar-refractivity contribution < 1.29 is 14.7 Å². The maximum Gasteiger partial charge on any atom is 0.353 e. The third kappa shape index (κ3) is 3.01. The summed E-state index contributed by atoms with van der Waals surface area (Å²) in [6.45, 7) is 0.686. The minimum Gasteiger partial charge on any atom is -0.477 e. The standard InChI is InChI=1S/C14H20N4O3/c19-11(20)10-8-16-12(17-10)14(5-1-6-14)18-13(21)15-7-4-9-2-3-9/h8-9H,1-7H2,(H,16,17)(H,19,20)(H2,15,18,21). The molecule has 7 nitrogen and oxygen atoms in total. The summed E-state index contributed by atoms with van der Waals surface area (Å²) in [5, 5.41) is 14.8. The first-order chi connectivity index (χ1) is 10.1. The van der Waals surface area contributed by atoms with Crippen molar-refractivity contribution in [2.45, 2.75) is 44.1 Å². The number of aromatic nitrogens is 2. The van der Waals surface area contributed by atoms with Gasteiger partial charge < -0.3 is 20.7 Å². The summed E-state index contributed by atoms with van der Waals surface area (Å²) >= 11 is 0. The zero-order valence-electron chi connectivity index (χ0n) is 11.8. The molecule has 2 saturated carbocycles. The Bertz CT molecular complexity index is 546. The van der Waals surface area contributed by atoms with Gasteiger partial charge in [-0.3, -0.25) is 0 Å². The maximum absolute atomic E-state index is 12.0. The highest BCUT2D eigenvalue weighted by Gasteiger charge is 2.43. The number of urea groups is 1. The average Bonchev–Trinajstić information content (AvgIpc) is 3.08. The van der Waals surface area contributed by atoms with Gasteiger partial charge in [0.15, 0.2) is 0 Å². The molecule has 0 spiro atoms. The quantitative estimate of drug-likeness (QED) is 0.638. The minimum absolute atomic E-state index is 0.0483. The number of hydrogen-bond acceptors (Lipinski definition) is 3. The van der Waals surface area contributed by atoms with Crippen molar-refractivity contribution >= 4 is 12.0 Å². The predicted molar refractivity (Wildman–Crippen MR) is 75.0 cm³/mol. The fourth-order valence-electron chi connectivity index (χ4n) is 2.68. The van der Waals surface area contributed by atoms with Gasteiger partial charge in [0.2, 0.25) is 0 Å². The molecule has 1 aromatic rings. The monoisotopic (exact) mass is 292 g/mol. The molecule has 0 aliphatic heterocycles. The van der Waals surface area contributed by atoms with Gasteiger partial charge in [-0.05, 0) is 31.6 Å². The summed E-state index contributed by atoms with van der Waals surface area (Å²) in [6, 6.07) is -0.205. The first-order valence-electron chi connectivity index (χ1n) is 7.44. The van der Waals surface area contributed by atoms with Crippen LogP contribution in [0.4, 0.5) is 4.79 Å². The van der Waals surface area contributed by atoms with E-state index in [4.69, 9.17) is 5.11 Å². The molecule has 1 aromatic heterocycles. The number of rotatable bonds is 6. The van der Waals surface area contributed by atoms with Gasteiger partial charge >= 0.3 is 12.0 Å². The second-order valence-corrected chi connectivity index (χ2v) is 6.00. The Morgan fingerprint density at radius 3 is 2.71 bits per heavy atom. The second-order valence-electron chi connectivity index (χ2n) is 6.00. The molecule has 0 unspecified atom stereocenters. The number of aromatic carboxylic acids is 1. The lowest BCUT2D eigenvalue weighted by molar-refractivity contribution is 0.0690. The van der Waals surface area contributed by atoms with E-state index in [0.29, 0.717) is 12.4 Å². The Morgan fingerprint density at radius 2 is 2.19 bits per heavy atom. The first-order valence-corrected chi connectivity index (χ1v) is 7.44. The van der Waals surface area contributed by atoms with Gasteiger partial charge in [0, 0.05) is 6.54 Å². The van der Waals surface area contributed by atoms with Gasteiger partial charge in [-0.1, -0.05) is 12.8 Å². The Kier molecular flexibility index (Phi) is 3.57. The third-order valence-electron chi connectivity index (χ3n) is 4.35. The molecule has 0 saturated heterocycles. The van der Waals surface area contributed by atoms with E-state index in [0.717, 1.165) is 31.6 Å². The minimum atomic E-state index is -1.04. The number of imidazole rings is 1. The van der Waals surface area contributed by atoms with Crippen LogP contribution >= 0.6 is 0 Å². The lowest BCUT2D eigenvalue weighted by atomic mass is 9.76. The van der Waals surface area contributed by atoms with Crippen molar-refractivity contribution in [3.05, 3.63) is 17.7 Å². The van der Waals surface area contributed by atoms with E-state index < -0.39 is 11.5 Å². The van der Waals surface area contributed by atoms with E-state index in [9.17, 15) is 9.59 Å². The largest absolute Gasteiger partial charge is 0.477 e. The molecule has 1 heterocycles. The number of carbonyl (C=O) groups is 2. The van der Waals surface area contributed by atoms with Crippen LogP contribution in [0.3, 0.4) is 0 Å². The van der Waals surface area contributed by atoms with Crippen molar-refractivity contribution in [3.63, 3.8) is 0 Å². The van der Waals surface area contributed by atoms with Gasteiger partial charge in [-0.2, -0.15) is 0 Å². The lowest BCUT2D eigenvalue weighted by Crippen LogP contribution is -2.54. The molecule has 114 valence electrons. The Morgan fingerprint density at radius 1 is 1.43 bits per heavy atom. The fraction of sp³-hybridized carbons (Fsp3) is 0.643. The van der Waals surface area contributed by atoms with Crippen LogP contribution in [-0.4, -0.2) is 33.6 Å². The molecular formula is C14H20N4O3. The molecule has 2 aliphatic rings.